The van der Waals surface area contributed by atoms with Gasteiger partial charge in [0.25, 0.3) is 0 Å². The van der Waals surface area contributed by atoms with Crippen molar-refractivity contribution in [2.45, 2.75) is 25.2 Å². The van der Waals surface area contributed by atoms with Crippen LogP contribution < -0.4 is 5.32 Å². The number of benzene rings is 1. The topological polar surface area (TPSA) is 45.4 Å². The first kappa shape index (κ1) is 15.6. The molecule has 2 rings (SSSR count). The largest absolute Gasteiger partial charge is 0.468 e. The Morgan fingerprint density at radius 2 is 2.00 bits per heavy atom. The Kier molecular flexibility index (Phi) is 4.69. The smallest absolute Gasteiger partial charge is 0.416 e. The van der Waals surface area contributed by atoms with E-state index in [1.54, 1.807) is 12.1 Å². The molecule has 2 aromatic rings. The summed E-state index contributed by atoms with van der Waals surface area (Å²) in [7, 11) is 0. The molecule has 0 saturated carbocycles. The SMILES string of the molecule is C[C@@H](NCC(O)c1cccc(C(F)(F)F)c1)c1ccco1. The van der Waals surface area contributed by atoms with Crippen LogP contribution in [0.25, 0.3) is 0 Å². The molecule has 2 N–H and O–H groups in total. The van der Waals surface area contributed by atoms with Gasteiger partial charge in [0, 0.05) is 6.54 Å². The zero-order valence-corrected chi connectivity index (χ0v) is 11.4. The van der Waals surface area contributed by atoms with E-state index in [0.717, 1.165) is 12.1 Å². The number of rotatable bonds is 5. The highest BCUT2D eigenvalue weighted by atomic mass is 19.4. The van der Waals surface area contributed by atoms with Crippen LogP contribution in [-0.4, -0.2) is 11.7 Å². The maximum absolute atomic E-state index is 12.6. The highest BCUT2D eigenvalue weighted by molar-refractivity contribution is 5.27. The lowest BCUT2D eigenvalue weighted by Crippen LogP contribution is -2.24. The fraction of sp³-hybridized carbons (Fsp3) is 0.333. The summed E-state index contributed by atoms with van der Waals surface area (Å²) in [6.07, 6.45) is -3.90. The summed E-state index contributed by atoms with van der Waals surface area (Å²) in [5, 5.41) is 13.0. The summed E-state index contributed by atoms with van der Waals surface area (Å²) in [5.41, 5.74) is -0.540. The standard InChI is InChI=1S/C15H16F3NO2/c1-10(14-6-3-7-21-14)19-9-13(20)11-4-2-5-12(8-11)15(16,17)18/h2-8,10,13,19-20H,9H2,1H3/t10-,13?/m1/s1. The molecular formula is C15H16F3NO2. The van der Waals surface area contributed by atoms with Crippen molar-refractivity contribution in [3.8, 4) is 0 Å². The number of aliphatic hydroxyl groups excluding tert-OH is 1. The average molecular weight is 299 g/mol. The summed E-state index contributed by atoms with van der Waals surface area (Å²) >= 11 is 0. The van der Waals surface area contributed by atoms with Gasteiger partial charge in [-0.3, -0.25) is 0 Å². The van der Waals surface area contributed by atoms with Crippen molar-refractivity contribution >= 4 is 0 Å². The second kappa shape index (κ2) is 6.32. The van der Waals surface area contributed by atoms with Gasteiger partial charge >= 0.3 is 6.18 Å². The molecule has 1 aromatic carbocycles. The molecule has 0 aliphatic rings. The highest BCUT2D eigenvalue weighted by Crippen LogP contribution is 2.30. The average Bonchev–Trinajstić information content (AvgIpc) is 2.98. The number of halogens is 3. The molecule has 2 atom stereocenters. The molecule has 0 aliphatic heterocycles. The lowest BCUT2D eigenvalue weighted by atomic mass is 10.1. The third-order valence-electron chi connectivity index (χ3n) is 3.19. The van der Waals surface area contributed by atoms with Gasteiger partial charge in [0.15, 0.2) is 0 Å². The van der Waals surface area contributed by atoms with Gasteiger partial charge in [-0.15, -0.1) is 0 Å². The van der Waals surface area contributed by atoms with Gasteiger partial charge in [-0.25, -0.2) is 0 Å². The fourth-order valence-corrected chi connectivity index (χ4v) is 1.97. The molecular weight excluding hydrogens is 283 g/mol. The lowest BCUT2D eigenvalue weighted by Gasteiger charge is -2.17. The van der Waals surface area contributed by atoms with Crippen LogP contribution in [0, 0.1) is 0 Å². The third-order valence-corrected chi connectivity index (χ3v) is 3.19. The van der Waals surface area contributed by atoms with E-state index in [1.807, 2.05) is 6.92 Å². The second-order valence-electron chi connectivity index (χ2n) is 4.78. The Balaban J connectivity index is 1.99. The molecule has 0 amide bonds. The second-order valence-corrected chi connectivity index (χ2v) is 4.78. The molecule has 114 valence electrons. The van der Waals surface area contributed by atoms with E-state index in [-0.39, 0.29) is 18.2 Å². The zero-order valence-electron chi connectivity index (χ0n) is 11.4. The monoisotopic (exact) mass is 299 g/mol. The quantitative estimate of drug-likeness (QED) is 0.885. The van der Waals surface area contributed by atoms with Gasteiger partial charge in [0.2, 0.25) is 0 Å². The van der Waals surface area contributed by atoms with Gasteiger partial charge in [0.1, 0.15) is 5.76 Å². The predicted octanol–water partition coefficient (Wildman–Crippen LogP) is 3.68. The van der Waals surface area contributed by atoms with Crippen LogP contribution in [-0.2, 0) is 6.18 Å². The Morgan fingerprint density at radius 1 is 1.24 bits per heavy atom. The van der Waals surface area contributed by atoms with Crippen molar-refractivity contribution in [3.05, 3.63) is 59.5 Å². The number of nitrogens with one attached hydrogen (secondary N) is 1. The van der Waals surface area contributed by atoms with Gasteiger partial charge in [-0.05, 0) is 36.8 Å². The maximum atomic E-state index is 12.6. The van der Waals surface area contributed by atoms with Gasteiger partial charge in [-0.1, -0.05) is 12.1 Å². The fourth-order valence-electron chi connectivity index (χ4n) is 1.97. The number of furan rings is 1. The van der Waals surface area contributed by atoms with Crippen LogP contribution in [0.15, 0.2) is 47.1 Å². The molecule has 1 heterocycles. The number of alkyl halides is 3. The number of hydrogen-bond acceptors (Lipinski definition) is 3. The van der Waals surface area contributed by atoms with Crippen LogP contribution in [0.2, 0.25) is 0 Å². The Morgan fingerprint density at radius 3 is 2.62 bits per heavy atom. The van der Waals surface area contributed by atoms with E-state index in [0.29, 0.717) is 5.76 Å². The van der Waals surface area contributed by atoms with E-state index < -0.39 is 17.8 Å². The lowest BCUT2D eigenvalue weighted by molar-refractivity contribution is -0.137. The maximum Gasteiger partial charge on any atom is 0.416 e. The zero-order chi connectivity index (χ0) is 15.5. The molecule has 6 heteroatoms. The number of hydrogen-bond donors (Lipinski definition) is 2. The van der Waals surface area contributed by atoms with Gasteiger partial charge in [0.05, 0.1) is 24.0 Å². The van der Waals surface area contributed by atoms with E-state index in [1.165, 1.54) is 18.4 Å². The molecule has 0 spiro atoms. The third kappa shape index (κ3) is 4.09. The summed E-state index contributed by atoms with van der Waals surface area (Å²) < 4.78 is 43.1. The van der Waals surface area contributed by atoms with Crippen molar-refractivity contribution < 1.29 is 22.7 Å². The first-order valence-electron chi connectivity index (χ1n) is 6.50. The van der Waals surface area contributed by atoms with Crippen molar-refractivity contribution in [2.75, 3.05) is 6.54 Å². The Hall–Kier alpha value is -1.79. The predicted molar refractivity (Wildman–Crippen MR) is 71.5 cm³/mol. The first-order valence-corrected chi connectivity index (χ1v) is 6.50. The molecule has 0 fully saturated rings. The van der Waals surface area contributed by atoms with Crippen molar-refractivity contribution in [1.82, 2.24) is 5.32 Å². The molecule has 0 bridgehead atoms. The molecule has 1 aromatic heterocycles. The van der Waals surface area contributed by atoms with Crippen molar-refractivity contribution in [2.24, 2.45) is 0 Å². The van der Waals surface area contributed by atoms with Crippen LogP contribution >= 0.6 is 0 Å². The summed E-state index contributed by atoms with van der Waals surface area (Å²) in [6.45, 7) is 1.97. The van der Waals surface area contributed by atoms with E-state index in [2.05, 4.69) is 5.32 Å². The first-order chi connectivity index (χ1) is 9.88. The number of aliphatic hydroxyl groups is 1. The normalized spacial score (nSPS) is 14.9. The van der Waals surface area contributed by atoms with Crippen LogP contribution in [0.1, 0.15) is 36.0 Å². The summed E-state index contributed by atoms with van der Waals surface area (Å²) in [4.78, 5) is 0. The van der Waals surface area contributed by atoms with Crippen LogP contribution in [0.4, 0.5) is 13.2 Å². The van der Waals surface area contributed by atoms with Gasteiger partial charge < -0.3 is 14.8 Å². The van der Waals surface area contributed by atoms with Crippen LogP contribution in [0.3, 0.4) is 0 Å². The molecule has 1 unspecified atom stereocenters. The molecule has 0 aliphatic carbocycles. The van der Waals surface area contributed by atoms with Crippen molar-refractivity contribution in [3.63, 3.8) is 0 Å². The van der Waals surface area contributed by atoms with Gasteiger partial charge in [-0.2, -0.15) is 13.2 Å². The Bertz CT molecular complexity index is 567. The molecule has 21 heavy (non-hydrogen) atoms. The highest BCUT2D eigenvalue weighted by Gasteiger charge is 2.30. The van der Waals surface area contributed by atoms with E-state index >= 15 is 0 Å². The summed E-state index contributed by atoms with van der Waals surface area (Å²) in [6, 6.07) is 8.10. The molecule has 3 nitrogen and oxygen atoms in total. The minimum Gasteiger partial charge on any atom is -0.468 e. The van der Waals surface area contributed by atoms with Crippen molar-refractivity contribution in [1.29, 1.82) is 0 Å². The van der Waals surface area contributed by atoms with E-state index in [9.17, 15) is 18.3 Å². The minimum atomic E-state index is -4.41. The molecule has 0 saturated heterocycles. The minimum absolute atomic E-state index is 0.128. The van der Waals surface area contributed by atoms with Crippen LogP contribution in [0.5, 0.6) is 0 Å². The van der Waals surface area contributed by atoms with E-state index in [4.69, 9.17) is 4.42 Å². The Labute approximate surface area is 120 Å². The molecule has 0 radical (unpaired) electrons. The summed E-state index contributed by atoms with van der Waals surface area (Å²) in [5.74, 6) is 0.700.